The maximum atomic E-state index is 5.32. The molecule has 0 rings (SSSR count). The highest BCUT2D eigenvalue weighted by atomic mass is 16.5. The van der Waals surface area contributed by atoms with Crippen LogP contribution >= 0.6 is 0 Å². The molecule has 0 aromatic carbocycles. The van der Waals surface area contributed by atoms with Crippen LogP contribution in [-0.2, 0) is 9.47 Å². The van der Waals surface area contributed by atoms with Gasteiger partial charge in [-0.15, -0.1) is 0 Å². The van der Waals surface area contributed by atoms with Gasteiger partial charge in [-0.2, -0.15) is 0 Å². The number of hydrogen-bond donors (Lipinski definition) is 2. The number of rotatable bonds is 7. The van der Waals surface area contributed by atoms with Crippen molar-refractivity contribution in [2.45, 2.75) is 31.9 Å². The predicted molar refractivity (Wildman–Crippen MR) is 48.7 cm³/mol. The number of methoxy groups -OCH3 is 2. The van der Waals surface area contributed by atoms with Crippen LogP contribution in [0.15, 0.2) is 0 Å². The molecule has 0 amide bonds. The van der Waals surface area contributed by atoms with E-state index in [4.69, 9.17) is 15.3 Å². The van der Waals surface area contributed by atoms with Gasteiger partial charge < -0.3 is 9.47 Å². The van der Waals surface area contributed by atoms with Gasteiger partial charge in [-0.1, -0.05) is 0 Å². The Labute approximate surface area is 74.4 Å². The summed E-state index contributed by atoms with van der Waals surface area (Å²) in [4.78, 5) is 0. The molecule has 0 saturated carbocycles. The Morgan fingerprint density at radius 3 is 2.42 bits per heavy atom. The summed E-state index contributed by atoms with van der Waals surface area (Å²) in [5, 5.41) is 0. The van der Waals surface area contributed by atoms with Crippen molar-refractivity contribution in [2.75, 3.05) is 20.8 Å². The molecule has 0 aliphatic carbocycles. The smallest absolute Gasteiger partial charge is 0.0629 e. The Hall–Kier alpha value is -0.160. The second-order valence-corrected chi connectivity index (χ2v) is 2.94. The second kappa shape index (κ2) is 7.49. The van der Waals surface area contributed by atoms with Crippen molar-refractivity contribution in [3.8, 4) is 0 Å². The molecule has 4 heteroatoms. The average molecular weight is 176 g/mol. The maximum Gasteiger partial charge on any atom is 0.0629 e. The Balaban J connectivity index is 3.43. The number of nitrogens with one attached hydrogen (secondary N) is 1. The zero-order valence-corrected chi connectivity index (χ0v) is 8.17. The van der Waals surface area contributed by atoms with E-state index in [1.807, 2.05) is 6.92 Å². The van der Waals surface area contributed by atoms with E-state index in [2.05, 4.69) is 5.43 Å². The van der Waals surface area contributed by atoms with Crippen LogP contribution in [0.25, 0.3) is 0 Å². The molecular formula is C8H20N2O2. The molecule has 0 aromatic rings. The van der Waals surface area contributed by atoms with Crippen LogP contribution in [0.1, 0.15) is 19.8 Å². The molecule has 2 atom stereocenters. The highest BCUT2D eigenvalue weighted by molar-refractivity contribution is 4.64. The molecule has 2 unspecified atom stereocenters. The summed E-state index contributed by atoms with van der Waals surface area (Å²) in [6.07, 6.45) is 2.26. The summed E-state index contributed by atoms with van der Waals surface area (Å²) in [6.45, 7) is 2.69. The first-order valence-corrected chi connectivity index (χ1v) is 4.22. The van der Waals surface area contributed by atoms with E-state index in [1.165, 1.54) is 0 Å². The lowest BCUT2D eigenvalue weighted by molar-refractivity contribution is 0.0976. The van der Waals surface area contributed by atoms with Gasteiger partial charge in [0, 0.05) is 20.3 Å². The van der Waals surface area contributed by atoms with Gasteiger partial charge in [0.05, 0.1) is 12.7 Å². The minimum absolute atomic E-state index is 0.229. The number of hydrogen-bond acceptors (Lipinski definition) is 4. The van der Waals surface area contributed by atoms with Gasteiger partial charge in [-0.25, -0.2) is 0 Å². The van der Waals surface area contributed by atoms with Gasteiger partial charge in [-0.05, 0) is 19.8 Å². The summed E-state index contributed by atoms with van der Waals surface area (Å²) < 4.78 is 10.1. The minimum Gasteiger partial charge on any atom is -0.383 e. The second-order valence-electron chi connectivity index (χ2n) is 2.94. The minimum atomic E-state index is 0.229. The largest absolute Gasteiger partial charge is 0.383 e. The van der Waals surface area contributed by atoms with Crippen molar-refractivity contribution >= 4 is 0 Å². The maximum absolute atomic E-state index is 5.32. The molecule has 0 fully saturated rings. The number of nitrogens with two attached hydrogens (primary N) is 1. The van der Waals surface area contributed by atoms with Crippen LogP contribution in [0.2, 0.25) is 0 Å². The fourth-order valence-electron chi connectivity index (χ4n) is 0.970. The van der Waals surface area contributed by atoms with Gasteiger partial charge in [0.25, 0.3) is 0 Å². The summed E-state index contributed by atoms with van der Waals surface area (Å²) >= 11 is 0. The Morgan fingerprint density at radius 2 is 2.00 bits per heavy atom. The number of ether oxygens (including phenoxy) is 2. The third-order valence-corrected chi connectivity index (χ3v) is 1.93. The summed E-state index contributed by atoms with van der Waals surface area (Å²) in [7, 11) is 3.38. The van der Waals surface area contributed by atoms with Crippen molar-refractivity contribution in [3.05, 3.63) is 0 Å². The first kappa shape index (κ1) is 11.8. The van der Waals surface area contributed by atoms with E-state index >= 15 is 0 Å². The Morgan fingerprint density at radius 1 is 1.33 bits per heavy atom. The zero-order chi connectivity index (χ0) is 9.40. The zero-order valence-electron chi connectivity index (χ0n) is 8.17. The molecule has 0 aromatic heterocycles. The van der Waals surface area contributed by atoms with Crippen molar-refractivity contribution in [1.82, 2.24) is 5.43 Å². The van der Waals surface area contributed by atoms with Crippen molar-refractivity contribution in [3.63, 3.8) is 0 Å². The molecule has 0 aliphatic rings. The fraction of sp³-hybridized carbons (Fsp3) is 1.00. The van der Waals surface area contributed by atoms with E-state index in [0.29, 0.717) is 6.61 Å². The third-order valence-electron chi connectivity index (χ3n) is 1.93. The van der Waals surface area contributed by atoms with Crippen LogP contribution in [0.3, 0.4) is 0 Å². The van der Waals surface area contributed by atoms with E-state index in [9.17, 15) is 0 Å². The molecule has 12 heavy (non-hydrogen) atoms. The van der Waals surface area contributed by atoms with Gasteiger partial charge in [0.15, 0.2) is 0 Å². The van der Waals surface area contributed by atoms with Crippen LogP contribution in [0, 0.1) is 0 Å². The van der Waals surface area contributed by atoms with E-state index in [1.54, 1.807) is 14.2 Å². The molecular weight excluding hydrogens is 156 g/mol. The molecule has 0 radical (unpaired) electrons. The highest BCUT2D eigenvalue weighted by Crippen LogP contribution is 2.03. The van der Waals surface area contributed by atoms with Gasteiger partial charge in [0.1, 0.15) is 0 Å². The third kappa shape index (κ3) is 5.49. The van der Waals surface area contributed by atoms with Crippen LogP contribution in [0.5, 0.6) is 0 Å². The van der Waals surface area contributed by atoms with Crippen molar-refractivity contribution < 1.29 is 9.47 Å². The lowest BCUT2D eigenvalue weighted by Gasteiger charge is -2.16. The monoisotopic (exact) mass is 176 g/mol. The lowest BCUT2D eigenvalue weighted by atomic mass is 10.1. The van der Waals surface area contributed by atoms with Crippen molar-refractivity contribution in [2.24, 2.45) is 5.84 Å². The van der Waals surface area contributed by atoms with Gasteiger partial charge in [-0.3, -0.25) is 11.3 Å². The molecule has 74 valence electrons. The lowest BCUT2D eigenvalue weighted by Crippen LogP contribution is -2.38. The molecule has 3 N–H and O–H groups in total. The molecule has 0 heterocycles. The van der Waals surface area contributed by atoms with Crippen LogP contribution in [0.4, 0.5) is 0 Å². The summed E-state index contributed by atoms with van der Waals surface area (Å²) in [6, 6.07) is 0.229. The quantitative estimate of drug-likeness (QED) is 0.432. The average Bonchev–Trinajstić information content (AvgIpc) is 2.11. The standard InChI is InChI=1S/C8H20N2O2/c1-7(12-3)4-5-8(10-9)6-11-2/h7-8,10H,4-6,9H2,1-3H3. The van der Waals surface area contributed by atoms with E-state index < -0.39 is 0 Å². The fourth-order valence-corrected chi connectivity index (χ4v) is 0.970. The van der Waals surface area contributed by atoms with Gasteiger partial charge in [0.2, 0.25) is 0 Å². The Kier molecular flexibility index (Phi) is 7.39. The molecule has 4 nitrogen and oxygen atoms in total. The van der Waals surface area contributed by atoms with E-state index in [0.717, 1.165) is 12.8 Å². The highest BCUT2D eigenvalue weighted by Gasteiger charge is 2.07. The molecule has 0 spiro atoms. The summed E-state index contributed by atoms with van der Waals surface area (Å²) in [5.74, 6) is 5.32. The Bertz CT molecular complexity index is 101. The SMILES string of the molecule is COCC(CCC(C)OC)NN. The molecule has 0 bridgehead atoms. The normalized spacial score (nSPS) is 16.0. The van der Waals surface area contributed by atoms with E-state index in [-0.39, 0.29) is 12.1 Å². The number of hydrazine groups is 1. The topological polar surface area (TPSA) is 56.5 Å². The summed E-state index contributed by atoms with van der Waals surface area (Å²) in [5.41, 5.74) is 2.70. The molecule has 0 aliphatic heterocycles. The van der Waals surface area contributed by atoms with Gasteiger partial charge >= 0.3 is 0 Å². The van der Waals surface area contributed by atoms with Crippen molar-refractivity contribution in [1.29, 1.82) is 0 Å². The predicted octanol–water partition coefficient (Wildman–Crippen LogP) is 0.280. The first-order valence-electron chi connectivity index (χ1n) is 4.22. The first-order chi connectivity index (χ1) is 5.74. The van der Waals surface area contributed by atoms with Crippen LogP contribution < -0.4 is 11.3 Å². The van der Waals surface area contributed by atoms with Crippen LogP contribution in [-0.4, -0.2) is 33.0 Å². The molecule has 0 saturated heterocycles.